The molecule has 0 aliphatic heterocycles. The molecule has 0 spiro atoms. The van der Waals surface area contributed by atoms with Crippen molar-refractivity contribution in [3.8, 4) is 28.7 Å². The molecule has 33 heavy (non-hydrogen) atoms. The summed E-state index contributed by atoms with van der Waals surface area (Å²) in [5, 5.41) is 18.8. The molecule has 2 heterocycles. The van der Waals surface area contributed by atoms with Gasteiger partial charge in [0.05, 0.1) is 12.1 Å². The van der Waals surface area contributed by atoms with Crippen LogP contribution in [-0.4, -0.2) is 31.4 Å². The van der Waals surface area contributed by atoms with Crippen molar-refractivity contribution >= 4 is 0 Å². The van der Waals surface area contributed by atoms with Crippen molar-refractivity contribution < 1.29 is 27.5 Å². The molecule has 0 bridgehead atoms. The van der Waals surface area contributed by atoms with E-state index < -0.39 is 12.0 Å². The van der Waals surface area contributed by atoms with Gasteiger partial charge in [0, 0.05) is 11.3 Å². The average Bonchev–Trinajstić information content (AvgIpc) is 3.17. The van der Waals surface area contributed by atoms with E-state index in [-0.39, 0.29) is 17.5 Å². The first-order valence-corrected chi connectivity index (χ1v) is 10.3. The number of benzene rings is 2. The highest BCUT2D eigenvalue weighted by Gasteiger charge is 2.42. The Kier molecular flexibility index (Phi) is 4.97. The normalized spacial score (nSPS) is 14.9. The van der Waals surface area contributed by atoms with Crippen molar-refractivity contribution in [2.75, 3.05) is 0 Å². The number of aryl methyl sites for hydroxylation is 1. The van der Waals surface area contributed by atoms with Crippen molar-refractivity contribution in [3.63, 3.8) is 0 Å². The number of nitrogens with zero attached hydrogens (tertiary/aromatic N) is 4. The quantitative estimate of drug-likeness (QED) is 0.447. The zero-order valence-electron chi connectivity index (χ0n) is 17.5. The van der Waals surface area contributed by atoms with Crippen LogP contribution in [-0.2, 0) is 12.1 Å². The third-order valence-electron chi connectivity index (χ3n) is 5.49. The van der Waals surface area contributed by atoms with E-state index in [2.05, 4.69) is 20.0 Å². The second-order valence-corrected chi connectivity index (χ2v) is 8.06. The van der Waals surface area contributed by atoms with Gasteiger partial charge < -0.3 is 14.4 Å². The maximum absolute atomic E-state index is 12.3. The Morgan fingerprint density at radius 3 is 2.58 bits per heavy atom. The van der Waals surface area contributed by atoms with Crippen LogP contribution in [0.1, 0.15) is 29.7 Å². The molecule has 10 heteroatoms. The highest BCUT2D eigenvalue weighted by Crippen LogP contribution is 2.45. The monoisotopic (exact) mass is 456 g/mol. The highest BCUT2D eigenvalue weighted by atomic mass is 19.4. The lowest BCUT2D eigenvalue weighted by atomic mass is 10.0. The molecule has 2 aromatic heterocycles. The highest BCUT2D eigenvalue weighted by molar-refractivity contribution is 5.59. The summed E-state index contributed by atoms with van der Waals surface area (Å²) in [7, 11) is 0. The lowest BCUT2D eigenvalue weighted by Crippen LogP contribution is -2.16. The fourth-order valence-corrected chi connectivity index (χ4v) is 3.56. The van der Waals surface area contributed by atoms with Gasteiger partial charge in [-0.2, -0.15) is 10.1 Å². The van der Waals surface area contributed by atoms with Crippen molar-refractivity contribution in [2.45, 2.75) is 38.3 Å². The van der Waals surface area contributed by atoms with Gasteiger partial charge >= 0.3 is 6.36 Å². The number of aromatic nitrogens is 4. The maximum Gasteiger partial charge on any atom is 0.573 e. The average molecular weight is 456 g/mol. The van der Waals surface area contributed by atoms with Gasteiger partial charge in [0.15, 0.2) is 5.69 Å². The largest absolute Gasteiger partial charge is 0.573 e. The molecule has 170 valence electrons. The Morgan fingerprint density at radius 1 is 1.12 bits per heavy atom. The summed E-state index contributed by atoms with van der Waals surface area (Å²) < 4.78 is 48.0. The first kappa shape index (κ1) is 21.2. The molecule has 1 aliphatic rings. The molecule has 0 unspecified atom stereocenters. The Bertz CT molecular complexity index is 1290. The van der Waals surface area contributed by atoms with Gasteiger partial charge in [0.2, 0.25) is 5.82 Å². The molecule has 0 atom stereocenters. The Hall–Kier alpha value is -3.66. The Balaban J connectivity index is 1.33. The van der Waals surface area contributed by atoms with E-state index >= 15 is 0 Å². The van der Waals surface area contributed by atoms with E-state index in [1.54, 1.807) is 4.68 Å². The molecule has 0 radical (unpaired) electrons. The molecule has 1 saturated carbocycles. The molecule has 0 saturated heterocycles. The Labute approximate surface area is 186 Å². The van der Waals surface area contributed by atoms with E-state index in [9.17, 15) is 18.3 Å². The van der Waals surface area contributed by atoms with Crippen molar-refractivity contribution in [1.82, 2.24) is 19.9 Å². The first-order chi connectivity index (χ1) is 15.7. The van der Waals surface area contributed by atoms with Gasteiger partial charge in [-0.05, 0) is 61.2 Å². The third kappa shape index (κ3) is 4.61. The molecule has 5 rings (SSSR count). The minimum absolute atomic E-state index is 0.198. The number of hydrogen-bond donors (Lipinski definition) is 1. The van der Waals surface area contributed by atoms with Crippen LogP contribution in [0.15, 0.2) is 59.1 Å². The fourth-order valence-electron chi connectivity index (χ4n) is 3.56. The van der Waals surface area contributed by atoms with Crippen LogP contribution >= 0.6 is 0 Å². The zero-order valence-corrected chi connectivity index (χ0v) is 17.5. The van der Waals surface area contributed by atoms with Crippen LogP contribution in [0.5, 0.6) is 5.75 Å². The summed E-state index contributed by atoms with van der Waals surface area (Å²) in [4.78, 5) is 4.32. The van der Waals surface area contributed by atoms with Crippen LogP contribution < -0.4 is 4.74 Å². The summed E-state index contributed by atoms with van der Waals surface area (Å²) in [6, 6.07) is 14.8. The smallest absolute Gasteiger partial charge is 0.406 e. The number of halogens is 3. The van der Waals surface area contributed by atoms with Gasteiger partial charge in [-0.3, -0.25) is 4.68 Å². The van der Waals surface area contributed by atoms with Crippen molar-refractivity contribution in [1.29, 1.82) is 0 Å². The summed E-state index contributed by atoms with van der Waals surface area (Å²) in [6.45, 7) is 2.42. The number of ether oxygens (including phenoxy) is 1. The second kappa shape index (κ2) is 7.73. The Morgan fingerprint density at radius 2 is 1.88 bits per heavy atom. The number of rotatable bonds is 6. The third-order valence-corrected chi connectivity index (χ3v) is 5.49. The summed E-state index contributed by atoms with van der Waals surface area (Å²) >= 11 is 0. The van der Waals surface area contributed by atoms with Crippen LogP contribution in [0.25, 0.3) is 23.0 Å². The van der Waals surface area contributed by atoms with E-state index in [4.69, 9.17) is 4.52 Å². The minimum Gasteiger partial charge on any atom is -0.406 e. The van der Waals surface area contributed by atoms with Crippen molar-refractivity contribution in [2.24, 2.45) is 0 Å². The van der Waals surface area contributed by atoms with Crippen LogP contribution in [0.4, 0.5) is 13.2 Å². The molecule has 1 aliphatic carbocycles. The number of aliphatic hydroxyl groups is 1. The first-order valence-electron chi connectivity index (χ1n) is 10.3. The van der Waals surface area contributed by atoms with E-state index in [0.29, 0.717) is 17.8 Å². The molecule has 1 N–H and O–H groups in total. The van der Waals surface area contributed by atoms with E-state index in [1.165, 1.54) is 24.3 Å². The summed E-state index contributed by atoms with van der Waals surface area (Å²) in [6.07, 6.45) is -3.20. The topological polar surface area (TPSA) is 86.2 Å². The van der Waals surface area contributed by atoms with E-state index in [1.807, 2.05) is 37.3 Å². The van der Waals surface area contributed by atoms with Gasteiger partial charge in [-0.15, -0.1) is 13.2 Å². The molecule has 1 fully saturated rings. The van der Waals surface area contributed by atoms with Crippen LogP contribution in [0.3, 0.4) is 0 Å². The lowest BCUT2D eigenvalue weighted by molar-refractivity contribution is -0.274. The van der Waals surface area contributed by atoms with Crippen LogP contribution in [0.2, 0.25) is 0 Å². The predicted octanol–water partition coefficient (Wildman–Crippen LogP) is 4.84. The molecule has 2 aromatic carbocycles. The lowest BCUT2D eigenvalue weighted by Gasteiger charge is -2.11. The predicted molar refractivity (Wildman–Crippen MR) is 111 cm³/mol. The second-order valence-electron chi connectivity index (χ2n) is 8.06. The number of alkyl halides is 3. The summed E-state index contributed by atoms with van der Waals surface area (Å²) in [5.41, 5.74) is 3.08. The molecular weight excluding hydrogens is 437 g/mol. The maximum atomic E-state index is 12.3. The molecular formula is C23H19F3N4O3. The zero-order chi connectivity index (χ0) is 23.2. The molecule has 4 aromatic rings. The van der Waals surface area contributed by atoms with E-state index in [0.717, 1.165) is 29.7 Å². The standard InChI is InChI=1S/C23H19F3N4O3/c1-14-11-19(28-30(14)13-15-3-2-4-17(12-15)22(31)9-10-22)21-27-20(29-33-21)16-5-7-18(8-6-16)32-23(24,25)26/h2-8,11-12,31H,9-10,13H2,1H3. The summed E-state index contributed by atoms with van der Waals surface area (Å²) in [5.74, 6) is 0.0897. The number of hydrogen-bond acceptors (Lipinski definition) is 6. The van der Waals surface area contributed by atoms with Gasteiger partial charge in [0.1, 0.15) is 5.75 Å². The molecule has 7 nitrogen and oxygen atoms in total. The molecule has 0 amide bonds. The van der Waals surface area contributed by atoms with Gasteiger partial charge in [-0.1, -0.05) is 29.4 Å². The van der Waals surface area contributed by atoms with Gasteiger partial charge in [0.25, 0.3) is 5.89 Å². The van der Waals surface area contributed by atoms with Crippen LogP contribution in [0, 0.1) is 6.92 Å². The fraction of sp³-hybridized carbons (Fsp3) is 0.261. The van der Waals surface area contributed by atoms with Gasteiger partial charge in [-0.25, -0.2) is 0 Å². The SMILES string of the molecule is Cc1cc(-c2nc(-c3ccc(OC(F)(F)F)cc3)no2)nn1Cc1cccc(C2(O)CC2)c1. The van der Waals surface area contributed by atoms with Crippen molar-refractivity contribution in [3.05, 3.63) is 71.4 Å². The minimum atomic E-state index is -4.75.